The Morgan fingerprint density at radius 2 is 1.79 bits per heavy atom. The van der Waals surface area contributed by atoms with E-state index in [1.54, 1.807) is 61.7 Å². The number of anilines is 1. The fraction of sp³-hybridized carbons (Fsp3) is 0.192. The molecule has 1 aliphatic heterocycles. The molecule has 3 amide bonds. The van der Waals surface area contributed by atoms with Gasteiger partial charge < -0.3 is 9.64 Å². The molecule has 1 aliphatic rings. The van der Waals surface area contributed by atoms with Gasteiger partial charge in [0.1, 0.15) is 11.8 Å². The zero-order valence-electron chi connectivity index (χ0n) is 18.4. The number of hydrogen-bond acceptors (Lipinski definition) is 4. The number of ether oxygens (including phenoxy) is 1. The van der Waals surface area contributed by atoms with Crippen molar-refractivity contribution in [1.82, 2.24) is 4.90 Å². The molecule has 3 aromatic carbocycles. The third-order valence-electron chi connectivity index (χ3n) is 5.71. The number of amides is 3. The molecular weight excluding hydrogens is 520 g/mol. The van der Waals surface area contributed by atoms with E-state index in [0.29, 0.717) is 28.4 Å². The zero-order chi connectivity index (χ0) is 24.2. The van der Waals surface area contributed by atoms with Gasteiger partial charge in [-0.3, -0.25) is 14.4 Å². The van der Waals surface area contributed by atoms with Crippen molar-refractivity contribution < 1.29 is 19.1 Å². The molecule has 0 radical (unpaired) electrons. The summed E-state index contributed by atoms with van der Waals surface area (Å²) < 4.78 is 6.02. The first-order valence-corrected chi connectivity index (χ1v) is 11.9. The molecule has 0 spiro atoms. The van der Waals surface area contributed by atoms with Gasteiger partial charge in [-0.1, -0.05) is 39.7 Å². The van der Waals surface area contributed by atoms with Crippen LogP contribution in [0.25, 0.3) is 0 Å². The first-order valence-electron chi connectivity index (χ1n) is 10.7. The second kappa shape index (κ2) is 10.4. The maximum atomic E-state index is 13.5. The van der Waals surface area contributed by atoms with Crippen molar-refractivity contribution in [2.75, 3.05) is 18.6 Å². The standard InChI is InChI=1S/C26H22BrClN2O4/c1-34-22-11-5-18(6-12-22)25(32)29(14-13-17-3-2-4-20(28)15-17)23-16-24(31)30(26(23)33)21-9-7-19(27)8-10-21/h2-12,15,23H,13-14,16H2,1H3. The minimum Gasteiger partial charge on any atom is -0.497 e. The summed E-state index contributed by atoms with van der Waals surface area (Å²) in [4.78, 5) is 42.4. The van der Waals surface area contributed by atoms with Gasteiger partial charge in [-0.15, -0.1) is 0 Å². The van der Waals surface area contributed by atoms with Crippen LogP contribution in [0.4, 0.5) is 5.69 Å². The highest BCUT2D eigenvalue weighted by molar-refractivity contribution is 9.10. The predicted molar refractivity (Wildman–Crippen MR) is 134 cm³/mol. The van der Waals surface area contributed by atoms with Gasteiger partial charge in [-0.05, 0) is 72.6 Å². The number of nitrogens with zero attached hydrogens (tertiary/aromatic N) is 2. The van der Waals surface area contributed by atoms with E-state index in [4.69, 9.17) is 16.3 Å². The smallest absolute Gasteiger partial charge is 0.257 e. The van der Waals surface area contributed by atoms with E-state index in [2.05, 4.69) is 15.9 Å². The second-order valence-electron chi connectivity index (χ2n) is 7.87. The second-order valence-corrected chi connectivity index (χ2v) is 9.22. The molecule has 6 nitrogen and oxygen atoms in total. The van der Waals surface area contributed by atoms with Gasteiger partial charge in [-0.25, -0.2) is 4.90 Å². The van der Waals surface area contributed by atoms with Crippen LogP contribution in [0.3, 0.4) is 0 Å². The Morgan fingerprint density at radius 3 is 2.44 bits per heavy atom. The Hall–Kier alpha value is -3.16. The van der Waals surface area contributed by atoms with Gasteiger partial charge in [0.15, 0.2) is 0 Å². The number of carbonyl (C=O) groups is 3. The average molecular weight is 542 g/mol. The fourth-order valence-electron chi connectivity index (χ4n) is 3.96. The summed E-state index contributed by atoms with van der Waals surface area (Å²) in [5.74, 6) is -0.461. The molecule has 1 saturated heterocycles. The average Bonchev–Trinajstić information content (AvgIpc) is 3.13. The lowest BCUT2D eigenvalue weighted by Crippen LogP contribution is -2.46. The van der Waals surface area contributed by atoms with Gasteiger partial charge >= 0.3 is 0 Å². The molecule has 1 heterocycles. The minimum atomic E-state index is -0.898. The van der Waals surface area contributed by atoms with Gasteiger partial charge in [0.2, 0.25) is 5.91 Å². The van der Waals surface area contributed by atoms with E-state index in [9.17, 15) is 14.4 Å². The monoisotopic (exact) mass is 540 g/mol. The Morgan fingerprint density at radius 1 is 1.09 bits per heavy atom. The number of methoxy groups -OCH3 is 1. The number of benzene rings is 3. The maximum Gasteiger partial charge on any atom is 0.257 e. The molecular formula is C26H22BrClN2O4. The summed E-state index contributed by atoms with van der Waals surface area (Å²) in [6.45, 7) is 0.253. The molecule has 0 N–H and O–H groups in total. The van der Waals surface area contributed by atoms with Crippen molar-refractivity contribution in [2.24, 2.45) is 0 Å². The van der Waals surface area contributed by atoms with Gasteiger partial charge in [0, 0.05) is 21.6 Å². The highest BCUT2D eigenvalue weighted by Crippen LogP contribution is 2.28. The van der Waals surface area contributed by atoms with Crippen molar-refractivity contribution in [3.05, 3.63) is 93.4 Å². The fourth-order valence-corrected chi connectivity index (χ4v) is 4.44. The number of imide groups is 1. The quantitative estimate of drug-likeness (QED) is 0.389. The third-order valence-corrected chi connectivity index (χ3v) is 6.48. The highest BCUT2D eigenvalue weighted by atomic mass is 79.9. The van der Waals surface area contributed by atoms with Crippen LogP contribution >= 0.6 is 27.5 Å². The van der Waals surface area contributed by atoms with Crippen LogP contribution in [0.5, 0.6) is 5.75 Å². The number of carbonyl (C=O) groups excluding carboxylic acids is 3. The summed E-state index contributed by atoms with van der Waals surface area (Å²) in [5.41, 5.74) is 1.82. The molecule has 0 aliphatic carbocycles. The van der Waals surface area contributed by atoms with E-state index in [-0.39, 0.29) is 24.8 Å². The molecule has 3 aromatic rings. The Kier molecular flexibility index (Phi) is 7.34. The summed E-state index contributed by atoms with van der Waals surface area (Å²) in [5, 5.41) is 0.596. The molecule has 34 heavy (non-hydrogen) atoms. The number of rotatable bonds is 7. The first kappa shape index (κ1) is 24.0. The van der Waals surface area contributed by atoms with E-state index in [1.165, 1.54) is 4.90 Å². The van der Waals surface area contributed by atoms with Crippen LogP contribution in [0.1, 0.15) is 22.3 Å². The Labute approximate surface area is 211 Å². The van der Waals surface area contributed by atoms with Crippen LogP contribution in [-0.2, 0) is 16.0 Å². The van der Waals surface area contributed by atoms with Crippen LogP contribution < -0.4 is 9.64 Å². The summed E-state index contributed by atoms with van der Waals surface area (Å²) in [6, 6.07) is 20.1. The molecule has 1 atom stereocenters. The Bertz CT molecular complexity index is 1210. The largest absolute Gasteiger partial charge is 0.497 e. The molecule has 4 rings (SSSR count). The normalized spacial score (nSPS) is 15.5. The van der Waals surface area contributed by atoms with Crippen LogP contribution in [0, 0.1) is 0 Å². The van der Waals surface area contributed by atoms with Gasteiger partial charge in [0.05, 0.1) is 19.2 Å². The van der Waals surface area contributed by atoms with Crippen LogP contribution in [-0.4, -0.2) is 42.3 Å². The highest BCUT2D eigenvalue weighted by Gasteiger charge is 2.44. The third kappa shape index (κ3) is 5.16. The molecule has 174 valence electrons. The van der Waals surface area contributed by atoms with Gasteiger partial charge in [0.25, 0.3) is 11.8 Å². The van der Waals surface area contributed by atoms with Crippen molar-refractivity contribution in [1.29, 1.82) is 0 Å². The van der Waals surface area contributed by atoms with Crippen molar-refractivity contribution in [3.8, 4) is 5.75 Å². The predicted octanol–water partition coefficient (Wildman–Crippen LogP) is 5.13. The summed E-state index contributed by atoms with van der Waals surface area (Å²) in [6.07, 6.45) is 0.408. The lowest BCUT2D eigenvalue weighted by molar-refractivity contribution is -0.122. The van der Waals surface area contributed by atoms with Crippen molar-refractivity contribution >= 4 is 50.9 Å². The molecule has 0 saturated carbocycles. The minimum absolute atomic E-state index is 0.0770. The van der Waals surface area contributed by atoms with E-state index >= 15 is 0 Å². The first-order chi connectivity index (χ1) is 16.4. The molecule has 8 heteroatoms. The van der Waals surface area contributed by atoms with Crippen molar-refractivity contribution in [2.45, 2.75) is 18.9 Å². The van der Waals surface area contributed by atoms with Crippen LogP contribution in [0.2, 0.25) is 5.02 Å². The molecule has 1 fully saturated rings. The lowest BCUT2D eigenvalue weighted by atomic mass is 10.1. The van der Waals surface area contributed by atoms with E-state index in [0.717, 1.165) is 14.9 Å². The SMILES string of the molecule is COc1ccc(C(=O)N(CCc2cccc(Cl)c2)C2CC(=O)N(c3ccc(Br)cc3)C2=O)cc1. The Balaban J connectivity index is 1.63. The number of hydrogen-bond donors (Lipinski definition) is 0. The van der Waals surface area contributed by atoms with Crippen molar-refractivity contribution in [3.63, 3.8) is 0 Å². The van der Waals surface area contributed by atoms with Gasteiger partial charge in [-0.2, -0.15) is 0 Å². The zero-order valence-corrected chi connectivity index (χ0v) is 20.8. The molecule has 0 bridgehead atoms. The maximum absolute atomic E-state index is 13.5. The topological polar surface area (TPSA) is 66.9 Å². The molecule has 0 aromatic heterocycles. The molecule has 1 unspecified atom stereocenters. The van der Waals surface area contributed by atoms with Crippen LogP contribution in [0.15, 0.2) is 77.3 Å². The van der Waals surface area contributed by atoms with E-state index < -0.39 is 11.9 Å². The summed E-state index contributed by atoms with van der Waals surface area (Å²) in [7, 11) is 1.55. The summed E-state index contributed by atoms with van der Waals surface area (Å²) >= 11 is 9.48. The number of halogens is 2. The van der Waals surface area contributed by atoms with E-state index in [1.807, 2.05) is 18.2 Å². The lowest BCUT2D eigenvalue weighted by Gasteiger charge is -2.28.